The summed E-state index contributed by atoms with van der Waals surface area (Å²) in [7, 11) is -3.74. The number of nitrogens with zero attached hydrogens (tertiary/aromatic N) is 1. The maximum Gasteiger partial charge on any atom is 0.320 e. The molecular formula is C7H11NO4S. The smallest absolute Gasteiger partial charge is 0.320 e. The second-order valence-corrected chi connectivity index (χ2v) is 4.25. The van der Waals surface area contributed by atoms with Crippen molar-refractivity contribution < 1.29 is 18.3 Å². The Balaban J connectivity index is 4.60. The molecule has 6 heteroatoms. The van der Waals surface area contributed by atoms with Crippen LogP contribution in [-0.2, 0) is 14.8 Å². The minimum absolute atomic E-state index is 0.0912. The first-order valence-electron chi connectivity index (χ1n) is 3.57. The van der Waals surface area contributed by atoms with Crippen LogP contribution < -0.4 is 0 Å². The van der Waals surface area contributed by atoms with Crippen LogP contribution in [0.5, 0.6) is 0 Å². The maximum atomic E-state index is 11.2. The number of rotatable bonds is 5. The molecule has 0 saturated heterocycles. The van der Waals surface area contributed by atoms with Gasteiger partial charge >= 0.3 is 5.97 Å². The molecule has 1 N–H and O–H groups in total. The van der Waals surface area contributed by atoms with Gasteiger partial charge in [0.1, 0.15) is 0 Å². The van der Waals surface area contributed by atoms with E-state index in [0.29, 0.717) is 0 Å². The van der Waals surface area contributed by atoms with Crippen molar-refractivity contribution in [1.82, 2.24) is 4.31 Å². The summed E-state index contributed by atoms with van der Waals surface area (Å²) in [5, 5.41) is 8.30. The molecule has 0 atom stereocenters. The lowest BCUT2D eigenvalue weighted by molar-refractivity contribution is -0.134. The van der Waals surface area contributed by atoms with E-state index in [9.17, 15) is 13.2 Å². The average molecular weight is 205 g/mol. The van der Waals surface area contributed by atoms with E-state index in [1.807, 2.05) is 0 Å². The van der Waals surface area contributed by atoms with E-state index in [-0.39, 0.29) is 13.1 Å². The van der Waals surface area contributed by atoms with Gasteiger partial charge in [-0.3, -0.25) is 4.79 Å². The fourth-order valence-corrected chi connectivity index (χ4v) is 1.92. The summed E-state index contributed by atoms with van der Waals surface area (Å²) in [5.41, 5.74) is 0. The van der Waals surface area contributed by atoms with Crippen LogP contribution in [0.4, 0.5) is 0 Å². The molecule has 0 heterocycles. The first-order valence-corrected chi connectivity index (χ1v) is 5.18. The summed E-state index contributed by atoms with van der Waals surface area (Å²) in [6.45, 7) is 1.68. The number of carboxylic acid groups (broad SMARTS) is 1. The zero-order valence-electron chi connectivity index (χ0n) is 7.23. The van der Waals surface area contributed by atoms with Crippen molar-refractivity contribution >= 4 is 16.0 Å². The van der Waals surface area contributed by atoms with Crippen molar-refractivity contribution in [1.29, 1.82) is 0 Å². The Morgan fingerprint density at radius 3 is 2.46 bits per heavy atom. The van der Waals surface area contributed by atoms with E-state index in [2.05, 4.69) is 5.92 Å². The van der Waals surface area contributed by atoms with Crippen LogP contribution in [0, 0.1) is 12.3 Å². The summed E-state index contributed by atoms with van der Waals surface area (Å²) in [5.74, 6) is -0.141. The minimum atomic E-state index is -3.74. The highest BCUT2D eigenvalue weighted by Crippen LogP contribution is 1.99. The Kier molecular flexibility index (Phi) is 4.45. The molecule has 0 bridgehead atoms. The molecule has 13 heavy (non-hydrogen) atoms. The fraction of sp³-hybridized carbons (Fsp3) is 0.571. The fourth-order valence-electron chi connectivity index (χ4n) is 0.756. The van der Waals surface area contributed by atoms with E-state index in [4.69, 9.17) is 11.5 Å². The number of hydrogen-bond donors (Lipinski definition) is 1. The summed E-state index contributed by atoms with van der Waals surface area (Å²) >= 11 is 0. The zero-order chi connectivity index (χ0) is 10.5. The lowest BCUT2D eigenvalue weighted by atomic mass is 10.6. The topological polar surface area (TPSA) is 74.7 Å². The molecule has 0 fully saturated rings. The first kappa shape index (κ1) is 11.9. The molecule has 0 aromatic rings. The Morgan fingerprint density at radius 2 is 2.15 bits per heavy atom. The predicted octanol–water partition coefficient (Wildman–Crippen LogP) is -0.644. The van der Waals surface area contributed by atoms with Crippen LogP contribution in [0.1, 0.15) is 6.92 Å². The predicted molar refractivity (Wildman–Crippen MR) is 47.5 cm³/mol. The van der Waals surface area contributed by atoms with Crippen molar-refractivity contribution in [3.8, 4) is 12.3 Å². The second kappa shape index (κ2) is 4.84. The molecule has 0 radical (unpaired) electrons. The van der Waals surface area contributed by atoms with E-state index < -0.39 is 21.7 Å². The zero-order valence-corrected chi connectivity index (χ0v) is 8.04. The number of aliphatic carboxylic acids is 1. The lowest BCUT2D eigenvalue weighted by Crippen LogP contribution is -2.35. The molecule has 0 unspecified atom stereocenters. The van der Waals surface area contributed by atoms with Gasteiger partial charge in [0, 0.05) is 6.54 Å². The molecule has 5 nitrogen and oxygen atoms in total. The molecule has 0 saturated carbocycles. The molecule has 0 aliphatic carbocycles. The van der Waals surface area contributed by atoms with Gasteiger partial charge in [-0.2, -0.15) is 4.31 Å². The number of carboxylic acids is 1. The normalized spacial score (nSPS) is 11.2. The van der Waals surface area contributed by atoms with Gasteiger partial charge in [0.2, 0.25) is 10.0 Å². The molecule has 0 aromatic heterocycles. The molecule has 0 aliphatic rings. The first-order chi connectivity index (χ1) is 5.94. The van der Waals surface area contributed by atoms with Crippen molar-refractivity contribution in [2.24, 2.45) is 0 Å². The van der Waals surface area contributed by atoms with Crippen molar-refractivity contribution in [2.75, 3.05) is 18.8 Å². The molecule has 0 amide bonds. The average Bonchev–Trinajstić information content (AvgIpc) is 1.97. The number of hydrogen-bond acceptors (Lipinski definition) is 3. The van der Waals surface area contributed by atoms with Gasteiger partial charge in [0.05, 0.1) is 6.54 Å². The number of sulfonamides is 1. The van der Waals surface area contributed by atoms with Crippen LogP contribution >= 0.6 is 0 Å². The van der Waals surface area contributed by atoms with Crippen molar-refractivity contribution in [3.63, 3.8) is 0 Å². The minimum Gasteiger partial charge on any atom is -0.480 e. The third kappa shape index (κ3) is 3.92. The second-order valence-electron chi connectivity index (χ2n) is 2.28. The van der Waals surface area contributed by atoms with E-state index >= 15 is 0 Å². The summed E-state index contributed by atoms with van der Waals surface area (Å²) < 4.78 is 23.4. The van der Waals surface area contributed by atoms with Gasteiger partial charge in [-0.1, -0.05) is 12.8 Å². The van der Waals surface area contributed by atoms with Gasteiger partial charge in [-0.25, -0.2) is 8.42 Å². The monoisotopic (exact) mass is 205 g/mol. The number of carbonyl (C=O) groups is 1. The summed E-state index contributed by atoms with van der Waals surface area (Å²) in [6, 6.07) is 0. The molecular weight excluding hydrogens is 194 g/mol. The molecule has 74 valence electrons. The van der Waals surface area contributed by atoms with Gasteiger partial charge in [-0.15, -0.1) is 6.42 Å². The largest absolute Gasteiger partial charge is 0.480 e. The highest BCUT2D eigenvalue weighted by molar-refractivity contribution is 7.89. The van der Waals surface area contributed by atoms with Crippen molar-refractivity contribution in [3.05, 3.63) is 0 Å². The molecule has 0 aromatic carbocycles. The van der Waals surface area contributed by atoms with Gasteiger partial charge in [-0.05, 0) is 0 Å². The highest BCUT2D eigenvalue weighted by Gasteiger charge is 2.22. The van der Waals surface area contributed by atoms with Gasteiger partial charge < -0.3 is 5.11 Å². The van der Waals surface area contributed by atoms with E-state index in [1.165, 1.54) is 0 Å². The standard InChI is InChI=1S/C7H11NO4S/c1-3-5-8(4-2)13(11,12)6-7(9)10/h1H,4-6H2,2H3,(H,9,10). The Morgan fingerprint density at radius 1 is 1.62 bits per heavy atom. The highest BCUT2D eigenvalue weighted by atomic mass is 32.2. The van der Waals surface area contributed by atoms with Gasteiger partial charge in [0.15, 0.2) is 5.75 Å². The number of terminal acetylenes is 1. The third-order valence-electron chi connectivity index (χ3n) is 1.32. The van der Waals surface area contributed by atoms with E-state index in [0.717, 1.165) is 4.31 Å². The molecule has 0 aliphatic heterocycles. The Hall–Kier alpha value is -1.06. The van der Waals surface area contributed by atoms with Crippen LogP contribution in [0.3, 0.4) is 0 Å². The lowest BCUT2D eigenvalue weighted by Gasteiger charge is -2.15. The summed E-state index contributed by atoms with van der Waals surface area (Å²) in [4.78, 5) is 10.2. The Bertz CT molecular complexity index is 314. The van der Waals surface area contributed by atoms with Crippen LogP contribution in [0.25, 0.3) is 0 Å². The maximum absolute atomic E-state index is 11.2. The molecule has 0 spiro atoms. The molecule has 0 rings (SSSR count). The SMILES string of the molecule is C#CCN(CC)S(=O)(=O)CC(=O)O. The van der Waals surface area contributed by atoms with Crippen LogP contribution in [0.2, 0.25) is 0 Å². The summed E-state index contributed by atoms with van der Waals surface area (Å²) in [6.07, 6.45) is 4.93. The van der Waals surface area contributed by atoms with Crippen LogP contribution in [-0.4, -0.2) is 42.6 Å². The van der Waals surface area contributed by atoms with Crippen LogP contribution in [0.15, 0.2) is 0 Å². The third-order valence-corrected chi connectivity index (χ3v) is 3.11. The van der Waals surface area contributed by atoms with Crippen molar-refractivity contribution in [2.45, 2.75) is 6.92 Å². The van der Waals surface area contributed by atoms with Gasteiger partial charge in [0.25, 0.3) is 0 Å². The quantitative estimate of drug-likeness (QED) is 0.605. The van der Waals surface area contributed by atoms with E-state index in [1.54, 1.807) is 6.92 Å². The Labute approximate surface area is 77.4 Å².